The minimum atomic E-state index is -0.690. The van der Waals surface area contributed by atoms with Gasteiger partial charge < -0.3 is 15.5 Å². The van der Waals surface area contributed by atoms with E-state index in [1.54, 1.807) is 6.92 Å². The number of hydrogen-bond donors (Lipinski definition) is 2. The van der Waals surface area contributed by atoms with Crippen LogP contribution in [-0.4, -0.2) is 35.7 Å². The van der Waals surface area contributed by atoms with Crippen molar-refractivity contribution in [3.8, 4) is 0 Å². The molecule has 1 aromatic carbocycles. The summed E-state index contributed by atoms with van der Waals surface area (Å²) in [5, 5.41) is 9.36. The van der Waals surface area contributed by atoms with Crippen LogP contribution >= 0.6 is 0 Å². The monoisotopic (exact) mass is 303 g/mol. The van der Waals surface area contributed by atoms with Gasteiger partial charge in [0.25, 0.3) is 5.91 Å². The summed E-state index contributed by atoms with van der Waals surface area (Å²) >= 11 is 0. The van der Waals surface area contributed by atoms with Crippen LogP contribution in [0, 0.1) is 0 Å². The first-order valence-corrected chi connectivity index (χ1v) is 7.36. The third-order valence-electron chi connectivity index (χ3n) is 3.25. The van der Waals surface area contributed by atoms with E-state index in [1.165, 1.54) is 0 Å². The molecule has 118 valence electrons. The van der Waals surface area contributed by atoms with Crippen LogP contribution < -0.4 is 10.6 Å². The summed E-state index contributed by atoms with van der Waals surface area (Å²) in [6.45, 7) is 5.38. The number of amides is 2. The molecular weight excluding hydrogens is 282 g/mol. The predicted octanol–water partition coefficient (Wildman–Crippen LogP) is 1.21. The van der Waals surface area contributed by atoms with Crippen LogP contribution in [0.2, 0.25) is 0 Å². The Morgan fingerprint density at radius 3 is 2.50 bits per heavy atom. The number of nitrogens with zero attached hydrogens (tertiary/aromatic N) is 1. The summed E-state index contributed by atoms with van der Waals surface area (Å²) < 4.78 is 0. The highest BCUT2D eigenvalue weighted by Crippen LogP contribution is 2.16. The molecule has 0 aliphatic carbocycles. The lowest BCUT2D eigenvalue weighted by atomic mass is 10.0. The molecule has 2 N–H and O–H groups in total. The van der Waals surface area contributed by atoms with Gasteiger partial charge in [0, 0.05) is 12.5 Å². The lowest BCUT2D eigenvalue weighted by molar-refractivity contribution is -0.135. The Labute approximate surface area is 129 Å². The molecule has 2 rings (SSSR count). The second-order valence-corrected chi connectivity index (χ2v) is 5.60. The lowest BCUT2D eigenvalue weighted by Crippen LogP contribution is -2.49. The molecule has 0 aromatic heterocycles. The molecule has 1 aliphatic heterocycles. The minimum absolute atomic E-state index is 0.0302. The average Bonchev–Trinajstić information content (AvgIpc) is 2.97. The van der Waals surface area contributed by atoms with Crippen molar-refractivity contribution in [2.75, 3.05) is 0 Å². The summed E-state index contributed by atoms with van der Waals surface area (Å²) in [7, 11) is 0. The third kappa shape index (κ3) is 4.07. The first kappa shape index (κ1) is 16.0. The van der Waals surface area contributed by atoms with Crippen molar-refractivity contribution in [3.05, 3.63) is 35.9 Å². The predicted molar refractivity (Wildman–Crippen MR) is 83.4 cm³/mol. The maximum Gasteiger partial charge on any atom is 0.264 e. The SMILES string of the molecule is CC(C)NC(=O)[C@H](C)NC(=O)[C@H]1CC(c2ccccc2)=NO1. The van der Waals surface area contributed by atoms with Gasteiger partial charge >= 0.3 is 0 Å². The van der Waals surface area contributed by atoms with Gasteiger partial charge in [-0.05, 0) is 26.3 Å². The molecule has 0 unspecified atom stereocenters. The van der Waals surface area contributed by atoms with E-state index in [2.05, 4.69) is 15.8 Å². The van der Waals surface area contributed by atoms with E-state index < -0.39 is 12.1 Å². The van der Waals surface area contributed by atoms with E-state index in [1.807, 2.05) is 44.2 Å². The van der Waals surface area contributed by atoms with E-state index in [0.29, 0.717) is 6.42 Å². The van der Waals surface area contributed by atoms with Crippen LogP contribution in [0.4, 0.5) is 0 Å². The van der Waals surface area contributed by atoms with Crippen molar-refractivity contribution < 1.29 is 14.4 Å². The zero-order valence-electron chi connectivity index (χ0n) is 13.0. The molecule has 22 heavy (non-hydrogen) atoms. The number of oxime groups is 1. The first-order valence-electron chi connectivity index (χ1n) is 7.36. The number of hydrogen-bond acceptors (Lipinski definition) is 4. The van der Waals surface area contributed by atoms with Crippen LogP contribution in [0.3, 0.4) is 0 Å². The summed E-state index contributed by atoms with van der Waals surface area (Å²) in [4.78, 5) is 29.1. The summed E-state index contributed by atoms with van der Waals surface area (Å²) in [6.07, 6.45) is -0.293. The molecule has 0 spiro atoms. The molecule has 1 heterocycles. The Morgan fingerprint density at radius 1 is 1.18 bits per heavy atom. The molecule has 6 nitrogen and oxygen atoms in total. The smallest absolute Gasteiger partial charge is 0.264 e. The molecule has 1 aliphatic rings. The Bertz CT molecular complexity index is 569. The van der Waals surface area contributed by atoms with Crippen LogP contribution in [0.1, 0.15) is 32.8 Å². The van der Waals surface area contributed by atoms with Crippen LogP contribution in [0.5, 0.6) is 0 Å². The zero-order valence-corrected chi connectivity index (χ0v) is 13.0. The zero-order chi connectivity index (χ0) is 16.1. The maximum atomic E-state index is 12.1. The highest BCUT2D eigenvalue weighted by atomic mass is 16.6. The number of nitrogens with one attached hydrogen (secondary N) is 2. The van der Waals surface area contributed by atoms with Gasteiger partial charge in [0.2, 0.25) is 12.0 Å². The normalized spacial score (nSPS) is 18.4. The molecular formula is C16H21N3O3. The highest BCUT2D eigenvalue weighted by Gasteiger charge is 2.30. The number of benzene rings is 1. The molecule has 2 atom stereocenters. The van der Waals surface area contributed by atoms with Gasteiger partial charge in [-0.25, -0.2) is 0 Å². The highest BCUT2D eigenvalue weighted by molar-refractivity contribution is 6.04. The van der Waals surface area contributed by atoms with Gasteiger partial charge in [-0.3, -0.25) is 9.59 Å². The molecule has 6 heteroatoms. The summed E-state index contributed by atoms with van der Waals surface area (Å²) in [6, 6.07) is 8.98. The largest absolute Gasteiger partial charge is 0.382 e. The second-order valence-electron chi connectivity index (χ2n) is 5.60. The Hall–Kier alpha value is -2.37. The van der Waals surface area contributed by atoms with E-state index in [-0.39, 0.29) is 17.9 Å². The van der Waals surface area contributed by atoms with Gasteiger partial charge in [0.05, 0.1) is 5.71 Å². The minimum Gasteiger partial charge on any atom is -0.382 e. The molecule has 0 fully saturated rings. The molecule has 2 amide bonds. The topological polar surface area (TPSA) is 79.8 Å². The number of carbonyl (C=O) groups is 2. The van der Waals surface area contributed by atoms with Crippen LogP contribution in [0.25, 0.3) is 0 Å². The van der Waals surface area contributed by atoms with Gasteiger partial charge in [0.15, 0.2) is 0 Å². The third-order valence-corrected chi connectivity index (χ3v) is 3.25. The first-order chi connectivity index (χ1) is 10.5. The van der Waals surface area contributed by atoms with Gasteiger partial charge in [-0.1, -0.05) is 35.5 Å². The Kier molecular flexibility index (Phi) is 5.14. The number of rotatable bonds is 5. The standard InChI is InChI=1S/C16H21N3O3/c1-10(2)17-15(20)11(3)18-16(21)14-9-13(19-22-14)12-7-5-4-6-8-12/h4-8,10-11,14H,9H2,1-3H3,(H,17,20)(H,18,21)/t11-,14+/m0/s1. The lowest BCUT2D eigenvalue weighted by Gasteiger charge is -2.17. The number of carbonyl (C=O) groups excluding carboxylic acids is 2. The van der Waals surface area contributed by atoms with E-state index in [0.717, 1.165) is 11.3 Å². The van der Waals surface area contributed by atoms with Crippen LogP contribution in [0.15, 0.2) is 35.5 Å². The van der Waals surface area contributed by atoms with Crippen molar-refractivity contribution in [2.45, 2.75) is 45.4 Å². The Balaban J connectivity index is 1.87. The van der Waals surface area contributed by atoms with E-state index >= 15 is 0 Å². The summed E-state index contributed by atoms with van der Waals surface area (Å²) in [5.74, 6) is -0.549. The molecule has 0 saturated heterocycles. The maximum absolute atomic E-state index is 12.1. The average molecular weight is 303 g/mol. The van der Waals surface area contributed by atoms with Crippen molar-refractivity contribution in [1.82, 2.24) is 10.6 Å². The fourth-order valence-corrected chi connectivity index (χ4v) is 2.10. The fourth-order valence-electron chi connectivity index (χ4n) is 2.10. The van der Waals surface area contributed by atoms with E-state index in [4.69, 9.17) is 4.84 Å². The molecule has 0 saturated carbocycles. The fraction of sp³-hybridized carbons (Fsp3) is 0.438. The van der Waals surface area contributed by atoms with Crippen molar-refractivity contribution in [3.63, 3.8) is 0 Å². The van der Waals surface area contributed by atoms with Gasteiger partial charge in [0.1, 0.15) is 6.04 Å². The van der Waals surface area contributed by atoms with Crippen molar-refractivity contribution in [2.24, 2.45) is 5.16 Å². The van der Waals surface area contributed by atoms with Crippen LogP contribution in [-0.2, 0) is 14.4 Å². The second kappa shape index (κ2) is 7.06. The quantitative estimate of drug-likeness (QED) is 0.858. The Morgan fingerprint density at radius 2 is 1.86 bits per heavy atom. The van der Waals surface area contributed by atoms with Gasteiger partial charge in [-0.15, -0.1) is 0 Å². The molecule has 0 radical (unpaired) electrons. The molecule has 1 aromatic rings. The van der Waals surface area contributed by atoms with E-state index in [9.17, 15) is 9.59 Å². The molecule has 0 bridgehead atoms. The van der Waals surface area contributed by atoms with Gasteiger partial charge in [-0.2, -0.15) is 0 Å². The van der Waals surface area contributed by atoms with Crippen molar-refractivity contribution in [1.29, 1.82) is 0 Å². The van der Waals surface area contributed by atoms with Crippen molar-refractivity contribution >= 4 is 17.5 Å². The summed E-state index contributed by atoms with van der Waals surface area (Å²) in [5.41, 5.74) is 1.67.